The first-order chi connectivity index (χ1) is 15.6. The zero-order valence-corrected chi connectivity index (χ0v) is 18.8. The van der Waals surface area contributed by atoms with Crippen molar-refractivity contribution in [3.63, 3.8) is 0 Å². The summed E-state index contributed by atoms with van der Waals surface area (Å²) in [6.07, 6.45) is -1.61. The summed E-state index contributed by atoms with van der Waals surface area (Å²) in [4.78, 5) is 14.2. The predicted octanol–water partition coefficient (Wildman–Crippen LogP) is 4.53. The first-order valence-corrected chi connectivity index (χ1v) is 11.2. The monoisotopic (exact) mass is 482 g/mol. The minimum atomic E-state index is -5.08. The highest BCUT2D eigenvalue weighted by atomic mass is 32.1. The van der Waals surface area contributed by atoms with Crippen LogP contribution in [-0.2, 0) is 11.3 Å². The number of thiophene rings is 1. The molecule has 1 atom stereocenters. The molecule has 0 radical (unpaired) electrons. The Hall–Kier alpha value is -2.76. The minimum Gasteiger partial charge on any atom is -0.475 e. The summed E-state index contributed by atoms with van der Waals surface area (Å²) < 4.78 is 33.7. The Balaban J connectivity index is 0.000000383. The number of aromatic nitrogens is 3. The standard InChI is InChI=1S/C20H24N4OS.C2HF3O2/c1-15(25)19-14-24(22-21-19)17-9-11-23(12-10-17)13-18-7-8-20(26-18)16-5-3-2-4-6-16;3-2(4,5)1(6)7/h2-8,14-15,17,25H,9-13H2,1H3;(H,6,7). The van der Waals surface area contributed by atoms with Crippen LogP contribution < -0.4 is 0 Å². The van der Waals surface area contributed by atoms with E-state index in [0.717, 1.165) is 32.5 Å². The number of benzene rings is 1. The van der Waals surface area contributed by atoms with Crippen molar-refractivity contribution >= 4 is 17.3 Å². The molecule has 0 aliphatic carbocycles. The number of aliphatic hydroxyl groups excluding tert-OH is 1. The molecule has 0 amide bonds. The van der Waals surface area contributed by atoms with E-state index in [4.69, 9.17) is 9.90 Å². The molecule has 2 N–H and O–H groups in total. The smallest absolute Gasteiger partial charge is 0.475 e. The van der Waals surface area contributed by atoms with Crippen LogP contribution in [0.2, 0.25) is 0 Å². The minimum absolute atomic E-state index is 0.384. The molecule has 1 saturated heterocycles. The molecule has 7 nitrogen and oxygen atoms in total. The Bertz CT molecular complexity index is 1030. The molecule has 1 fully saturated rings. The highest BCUT2D eigenvalue weighted by Crippen LogP contribution is 2.30. The van der Waals surface area contributed by atoms with Gasteiger partial charge in [-0.25, -0.2) is 9.48 Å². The van der Waals surface area contributed by atoms with E-state index >= 15 is 0 Å². The summed E-state index contributed by atoms with van der Waals surface area (Å²) in [6, 6.07) is 15.4. The number of rotatable bonds is 5. The third-order valence-electron chi connectivity index (χ3n) is 5.23. The van der Waals surface area contributed by atoms with E-state index in [1.165, 1.54) is 15.3 Å². The summed E-state index contributed by atoms with van der Waals surface area (Å²) >= 11 is 1.89. The van der Waals surface area contributed by atoms with Crippen molar-refractivity contribution in [1.29, 1.82) is 0 Å². The second-order valence-electron chi connectivity index (χ2n) is 7.74. The second-order valence-corrected chi connectivity index (χ2v) is 8.91. The highest BCUT2D eigenvalue weighted by molar-refractivity contribution is 7.15. The number of carboxylic acid groups (broad SMARTS) is 1. The normalized spacial score (nSPS) is 16.2. The largest absolute Gasteiger partial charge is 0.490 e. The molecule has 2 aromatic heterocycles. The number of hydrogen-bond acceptors (Lipinski definition) is 6. The fraction of sp³-hybridized carbons (Fsp3) is 0.409. The molecular weight excluding hydrogens is 457 g/mol. The van der Waals surface area contributed by atoms with Gasteiger partial charge in [0.2, 0.25) is 0 Å². The highest BCUT2D eigenvalue weighted by Gasteiger charge is 2.38. The Morgan fingerprint density at radius 2 is 1.82 bits per heavy atom. The zero-order chi connectivity index (χ0) is 24.0. The van der Waals surface area contributed by atoms with Crippen LogP contribution in [-0.4, -0.2) is 55.3 Å². The van der Waals surface area contributed by atoms with Gasteiger partial charge in [0.1, 0.15) is 5.69 Å². The zero-order valence-electron chi connectivity index (χ0n) is 17.9. The number of alkyl halides is 3. The third kappa shape index (κ3) is 7.11. The Morgan fingerprint density at radius 1 is 1.18 bits per heavy atom. The third-order valence-corrected chi connectivity index (χ3v) is 6.35. The Morgan fingerprint density at radius 3 is 2.36 bits per heavy atom. The van der Waals surface area contributed by atoms with Gasteiger partial charge in [0.15, 0.2) is 0 Å². The van der Waals surface area contributed by atoms with Crippen molar-refractivity contribution in [1.82, 2.24) is 19.9 Å². The van der Waals surface area contributed by atoms with E-state index in [0.29, 0.717) is 11.7 Å². The fourth-order valence-electron chi connectivity index (χ4n) is 3.44. The quantitative estimate of drug-likeness (QED) is 0.555. The molecule has 0 saturated carbocycles. The Labute approximate surface area is 193 Å². The maximum absolute atomic E-state index is 10.6. The molecule has 0 spiro atoms. The van der Waals surface area contributed by atoms with E-state index in [-0.39, 0.29) is 0 Å². The first kappa shape index (κ1) is 24.9. The average molecular weight is 483 g/mol. The van der Waals surface area contributed by atoms with Gasteiger partial charge in [-0.15, -0.1) is 16.4 Å². The van der Waals surface area contributed by atoms with Gasteiger partial charge in [-0.1, -0.05) is 35.5 Å². The van der Waals surface area contributed by atoms with E-state index in [9.17, 15) is 18.3 Å². The van der Waals surface area contributed by atoms with Crippen molar-refractivity contribution in [2.45, 2.75) is 44.6 Å². The number of likely N-dealkylation sites (tertiary alicyclic amines) is 1. The molecule has 0 bridgehead atoms. The lowest BCUT2D eigenvalue weighted by Crippen LogP contribution is -2.34. The number of piperidine rings is 1. The predicted molar refractivity (Wildman–Crippen MR) is 118 cm³/mol. The molecule has 4 rings (SSSR count). The van der Waals surface area contributed by atoms with Crippen LogP contribution in [0, 0.1) is 0 Å². The summed E-state index contributed by atoms with van der Waals surface area (Å²) in [5, 5.41) is 25.0. The number of carbonyl (C=O) groups is 1. The SMILES string of the molecule is CC(O)c1cn(C2CCN(Cc3ccc(-c4ccccc4)s3)CC2)nn1.O=C(O)C(F)(F)F. The maximum atomic E-state index is 10.6. The van der Waals surface area contributed by atoms with Gasteiger partial charge in [0.25, 0.3) is 0 Å². The van der Waals surface area contributed by atoms with Crippen LogP contribution in [0.1, 0.15) is 42.5 Å². The molecule has 3 heterocycles. The molecular formula is C22H25F3N4O3S. The lowest BCUT2D eigenvalue weighted by atomic mass is 10.1. The number of aliphatic hydroxyl groups is 1. The van der Waals surface area contributed by atoms with Crippen molar-refractivity contribution in [3.05, 3.63) is 59.2 Å². The van der Waals surface area contributed by atoms with Gasteiger partial charge < -0.3 is 10.2 Å². The molecule has 1 aliphatic heterocycles. The number of carboxylic acids is 1. The van der Waals surface area contributed by atoms with E-state index in [2.05, 4.69) is 57.7 Å². The van der Waals surface area contributed by atoms with Crippen molar-refractivity contribution in [2.24, 2.45) is 0 Å². The summed E-state index contributed by atoms with van der Waals surface area (Å²) in [6.45, 7) is 4.86. The van der Waals surface area contributed by atoms with Crippen LogP contribution in [0.4, 0.5) is 13.2 Å². The number of aliphatic carboxylic acids is 1. The Kier molecular flexibility index (Phi) is 8.22. The van der Waals surface area contributed by atoms with Crippen LogP contribution in [0.15, 0.2) is 48.7 Å². The van der Waals surface area contributed by atoms with E-state index < -0.39 is 18.2 Å². The average Bonchev–Trinajstić information content (AvgIpc) is 3.45. The number of halogens is 3. The van der Waals surface area contributed by atoms with Gasteiger partial charge >= 0.3 is 12.1 Å². The van der Waals surface area contributed by atoms with Crippen LogP contribution in [0.3, 0.4) is 0 Å². The van der Waals surface area contributed by atoms with Gasteiger partial charge in [-0.2, -0.15) is 13.2 Å². The molecule has 1 unspecified atom stereocenters. The van der Waals surface area contributed by atoms with Crippen molar-refractivity contribution in [2.75, 3.05) is 13.1 Å². The van der Waals surface area contributed by atoms with Gasteiger partial charge in [0.05, 0.1) is 18.3 Å². The van der Waals surface area contributed by atoms with Crippen LogP contribution in [0.25, 0.3) is 10.4 Å². The molecule has 1 aliphatic rings. The van der Waals surface area contributed by atoms with Gasteiger partial charge in [-0.3, -0.25) is 4.90 Å². The molecule has 3 aromatic rings. The second kappa shape index (κ2) is 10.9. The molecule has 11 heteroatoms. The summed E-state index contributed by atoms with van der Waals surface area (Å²) in [5.74, 6) is -2.76. The molecule has 1 aromatic carbocycles. The van der Waals surface area contributed by atoms with E-state index in [1.54, 1.807) is 6.92 Å². The number of hydrogen-bond donors (Lipinski definition) is 2. The lowest BCUT2D eigenvalue weighted by Gasteiger charge is -2.31. The van der Waals surface area contributed by atoms with Crippen LogP contribution in [0.5, 0.6) is 0 Å². The van der Waals surface area contributed by atoms with Gasteiger partial charge in [-0.05, 0) is 37.5 Å². The summed E-state index contributed by atoms with van der Waals surface area (Å²) in [5.41, 5.74) is 1.95. The lowest BCUT2D eigenvalue weighted by molar-refractivity contribution is -0.192. The van der Waals surface area contributed by atoms with Crippen molar-refractivity contribution < 1.29 is 28.2 Å². The molecule has 33 heavy (non-hydrogen) atoms. The molecule has 178 valence electrons. The van der Waals surface area contributed by atoms with Crippen molar-refractivity contribution in [3.8, 4) is 10.4 Å². The van der Waals surface area contributed by atoms with Gasteiger partial charge in [0, 0.05) is 29.4 Å². The van der Waals surface area contributed by atoms with Crippen LogP contribution >= 0.6 is 11.3 Å². The number of nitrogens with zero attached hydrogens (tertiary/aromatic N) is 4. The van der Waals surface area contributed by atoms with E-state index in [1.807, 2.05) is 22.2 Å². The maximum Gasteiger partial charge on any atom is 0.490 e. The first-order valence-electron chi connectivity index (χ1n) is 10.4. The topological polar surface area (TPSA) is 91.5 Å². The summed E-state index contributed by atoms with van der Waals surface area (Å²) in [7, 11) is 0. The fourth-order valence-corrected chi connectivity index (χ4v) is 4.50.